The molecule has 250 valence electrons. The third-order valence-electron chi connectivity index (χ3n) is 10.9. The number of thiophene rings is 1. The minimum Gasteiger partial charge on any atom is -0.469 e. The summed E-state index contributed by atoms with van der Waals surface area (Å²) in [6, 6.07) is 6.07. The summed E-state index contributed by atoms with van der Waals surface area (Å²) in [6.07, 6.45) is 3.26. The number of nitriles is 1. The highest BCUT2D eigenvalue weighted by Gasteiger charge is 2.52. The van der Waals surface area contributed by atoms with Crippen LogP contribution in [0.3, 0.4) is 0 Å². The zero-order valence-corrected chi connectivity index (χ0v) is 27.7. The van der Waals surface area contributed by atoms with Crippen LogP contribution in [-0.4, -0.2) is 72.4 Å². The van der Waals surface area contributed by atoms with Crippen molar-refractivity contribution < 1.29 is 27.4 Å². The molecule has 0 spiro atoms. The zero-order chi connectivity index (χ0) is 33.5. The average molecular weight is 697 g/mol. The summed E-state index contributed by atoms with van der Waals surface area (Å²) in [7, 11) is 1.38. The van der Waals surface area contributed by atoms with Crippen LogP contribution in [0.2, 0.25) is 5.02 Å². The van der Waals surface area contributed by atoms with Crippen molar-refractivity contribution in [3.63, 3.8) is 0 Å². The van der Waals surface area contributed by atoms with Crippen molar-refractivity contribution in [1.29, 1.82) is 5.26 Å². The second-order valence-electron chi connectivity index (χ2n) is 13.7. The Morgan fingerprint density at radius 2 is 2.08 bits per heavy atom. The van der Waals surface area contributed by atoms with Gasteiger partial charge in [0.25, 0.3) is 0 Å². The van der Waals surface area contributed by atoms with E-state index in [2.05, 4.69) is 9.88 Å². The number of rotatable bonds is 6. The summed E-state index contributed by atoms with van der Waals surface area (Å²) >= 11 is 7.77. The number of aromatic nitrogens is 2. The van der Waals surface area contributed by atoms with Gasteiger partial charge in [0.2, 0.25) is 0 Å². The molecule has 4 aliphatic rings. The van der Waals surface area contributed by atoms with Gasteiger partial charge < -0.3 is 20.1 Å². The predicted octanol–water partition coefficient (Wildman–Crippen LogP) is 6.63. The van der Waals surface area contributed by atoms with Crippen LogP contribution in [0.1, 0.15) is 44.1 Å². The number of halogens is 4. The molecule has 2 aromatic carbocycles. The number of nitrogen functional groups attached to an aromatic ring is 1. The van der Waals surface area contributed by atoms with Crippen molar-refractivity contribution in [2.75, 3.05) is 50.5 Å². The van der Waals surface area contributed by atoms with Gasteiger partial charge in [0, 0.05) is 42.4 Å². The summed E-state index contributed by atoms with van der Waals surface area (Å²) in [5.74, 6) is -1.13. The van der Waals surface area contributed by atoms with E-state index in [0.29, 0.717) is 50.1 Å². The fourth-order valence-electron chi connectivity index (χ4n) is 8.77. The van der Waals surface area contributed by atoms with Gasteiger partial charge >= 0.3 is 12.0 Å². The zero-order valence-electron chi connectivity index (χ0n) is 26.1. The van der Waals surface area contributed by atoms with E-state index >= 15 is 4.39 Å². The van der Waals surface area contributed by atoms with E-state index in [1.54, 1.807) is 6.07 Å². The van der Waals surface area contributed by atoms with Gasteiger partial charge in [-0.05, 0) is 62.3 Å². The van der Waals surface area contributed by atoms with E-state index in [1.807, 2.05) is 11.0 Å². The lowest BCUT2D eigenvalue weighted by Crippen LogP contribution is -2.48. The SMILES string of the molecule is COC(=O)C12CCC(CN(c3nc(OC[C@@]45CCCN4C[C@H](F)C5)nc4c(F)c(-c5ccc(F)c6sc(N)c(C#N)c56)c(Cl)cc34)C1)C2. The number of piperidine rings is 1. The molecule has 0 amide bonds. The van der Waals surface area contributed by atoms with Crippen molar-refractivity contribution in [3.05, 3.63) is 40.4 Å². The molecular formula is C34H32ClF3N6O3S. The number of ether oxygens (including phenoxy) is 2. The minimum absolute atomic E-state index is 0.00294. The molecule has 4 fully saturated rings. The molecule has 0 radical (unpaired) electrons. The maximum Gasteiger partial charge on any atom is 0.319 e. The topological polar surface area (TPSA) is 118 Å². The molecule has 1 saturated carbocycles. The standard InChI is InChI=1S/C34H32ClF3N6O3S/c1-46-31(45)33-7-5-17(10-33)13-43(15-33)30-20-9-22(35)25(19-3-4-23(37)28-24(19)21(12-39)29(40)48-28)26(38)27(20)41-32(42-30)47-16-34-6-2-8-44(34)14-18(36)11-34/h3-4,9,17-18H,2,5-8,10-11,13-16,40H2,1H3/t17?,18-,33?,34+/m1/s1. The Morgan fingerprint density at radius 3 is 2.88 bits per heavy atom. The highest BCUT2D eigenvalue weighted by atomic mass is 35.5. The fourth-order valence-corrected chi connectivity index (χ4v) is 10.0. The van der Waals surface area contributed by atoms with Gasteiger partial charge in [-0.25, -0.2) is 13.2 Å². The minimum atomic E-state index is -0.959. The normalized spacial score (nSPS) is 26.7. The average Bonchev–Trinajstić information content (AvgIpc) is 3.79. The maximum atomic E-state index is 17.1. The molecule has 2 N–H and O–H groups in total. The lowest BCUT2D eigenvalue weighted by molar-refractivity contribution is -0.152. The van der Waals surface area contributed by atoms with E-state index in [0.717, 1.165) is 37.1 Å². The first kappa shape index (κ1) is 31.4. The van der Waals surface area contributed by atoms with Crippen LogP contribution in [-0.2, 0) is 9.53 Å². The predicted molar refractivity (Wildman–Crippen MR) is 177 cm³/mol. The first-order chi connectivity index (χ1) is 23.1. The van der Waals surface area contributed by atoms with Gasteiger partial charge in [0.1, 0.15) is 41.0 Å². The van der Waals surface area contributed by atoms with Gasteiger partial charge in [-0.1, -0.05) is 17.7 Å². The molecule has 2 aromatic heterocycles. The summed E-state index contributed by atoms with van der Waals surface area (Å²) in [5.41, 5.74) is 4.92. The number of hydrogen-bond donors (Lipinski definition) is 1. The number of hydrogen-bond acceptors (Lipinski definition) is 10. The number of methoxy groups -OCH3 is 1. The Balaban J connectivity index is 1.30. The molecule has 5 heterocycles. The number of anilines is 2. The maximum absolute atomic E-state index is 17.1. The number of alkyl halides is 1. The van der Waals surface area contributed by atoms with Crippen LogP contribution < -0.4 is 15.4 Å². The molecule has 8 rings (SSSR count). The first-order valence-corrected chi connectivity index (χ1v) is 17.2. The smallest absolute Gasteiger partial charge is 0.319 e. The highest BCUT2D eigenvalue weighted by Crippen LogP contribution is 2.50. The van der Waals surface area contributed by atoms with Crippen LogP contribution in [0.15, 0.2) is 18.2 Å². The van der Waals surface area contributed by atoms with E-state index in [-0.39, 0.29) is 66.8 Å². The molecule has 4 aromatic rings. The number of fused-ring (bicyclic) bond motifs is 5. The number of nitrogens with two attached hydrogens (primary N) is 1. The molecular weight excluding hydrogens is 665 g/mol. The second kappa shape index (κ2) is 11.4. The van der Waals surface area contributed by atoms with E-state index in [4.69, 9.17) is 31.8 Å². The van der Waals surface area contributed by atoms with Gasteiger partial charge in [0.15, 0.2) is 5.82 Å². The molecule has 3 aliphatic heterocycles. The van der Waals surface area contributed by atoms with Crippen LogP contribution in [0.4, 0.5) is 24.0 Å². The first-order valence-electron chi connectivity index (χ1n) is 16.0. The largest absolute Gasteiger partial charge is 0.469 e. The lowest BCUT2D eigenvalue weighted by Gasteiger charge is -2.39. The van der Waals surface area contributed by atoms with Crippen molar-refractivity contribution in [2.24, 2.45) is 11.3 Å². The molecule has 1 aliphatic carbocycles. The Labute approximate surface area is 283 Å². The molecule has 2 unspecified atom stereocenters. The fraction of sp³-hybridized carbons (Fsp3) is 0.471. The van der Waals surface area contributed by atoms with E-state index in [9.17, 15) is 18.8 Å². The second-order valence-corrected chi connectivity index (χ2v) is 15.1. The third kappa shape index (κ3) is 4.70. The van der Waals surface area contributed by atoms with Crippen molar-refractivity contribution in [2.45, 2.75) is 50.2 Å². The number of carbonyl (C=O) groups excluding carboxylic acids is 1. The van der Waals surface area contributed by atoms with Crippen LogP contribution >= 0.6 is 22.9 Å². The van der Waals surface area contributed by atoms with Gasteiger partial charge in [-0.15, -0.1) is 11.3 Å². The summed E-state index contributed by atoms with van der Waals surface area (Å²) in [4.78, 5) is 26.5. The van der Waals surface area contributed by atoms with E-state index < -0.39 is 28.8 Å². The van der Waals surface area contributed by atoms with Gasteiger partial charge in [-0.3, -0.25) is 9.69 Å². The van der Waals surface area contributed by atoms with Crippen molar-refractivity contribution >= 4 is 60.7 Å². The summed E-state index contributed by atoms with van der Waals surface area (Å²) < 4.78 is 58.1. The van der Waals surface area contributed by atoms with Crippen LogP contribution in [0, 0.1) is 34.3 Å². The number of benzene rings is 2. The Morgan fingerprint density at radius 1 is 1.25 bits per heavy atom. The Kier molecular flexibility index (Phi) is 7.43. The lowest BCUT2D eigenvalue weighted by atomic mass is 9.82. The van der Waals surface area contributed by atoms with E-state index in [1.165, 1.54) is 19.2 Å². The molecule has 3 saturated heterocycles. The quantitative estimate of drug-likeness (QED) is 0.222. The molecule has 9 nitrogen and oxygen atoms in total. The summed E-state index contributed by atoms with van der Waals surface area (Å²) in [5, 5.41) is 10.5. The molecule has 2 bridgehead atoms. The molecule has 14 heteroatoms. The summed E-state index contributed by atoms with van der Waals surface area (Å²) in [6.45, 7) is 2.14. The monoisotopic (exact) mass is 696 g/mol. The van der Waals surface area contributed by atoms with Crippen LogP contribution in [0.5, 0.6) is 6.01 Å². The van der Waals surface area contributed by atoms with Crippen LogP contribution in [0.25, 0.3) is 32.1 Å². The third-order valence-corrected chi connectivity index (χ3v) is 12.2. The number of esters is 1. The van der Waals surface area contributed by atoms with Crippen molar-refractivity contribution in [3.8, 4) is 23.2 Å². The Bertz CT molecular complexity index is 2060. The highest BCUT2D eigenvalue weighted by molar-refractivity contribution is 7.23. The Hall–Kier alpha value is -3.86. The van der Waals surface area contributed by atoms with Gasteiger partial charge in [-0.2, -0.15) is 15.2 Å². The van der Waals surface area contributed by atoms with Crippen molar-refractivity contribution in [1.82, 2.24) is 14.9 Å². The molecule has 48 heavy (non-hydrogen) atoms. The molecule has 4 atom stereocenters. The van der Waals surface area contributed by atoms with Gasteiger partial charge in [0.05, 0.1) is 33.3 Å². The number of nitrogens with zero attached hydrogens (tertiary/aromatic N) is 5. The number of carbonyl (C=O) groups is 1.